The Morgan fingerprint density at radius 1 is 1.11 bits per heavy atom. The SMILES string of the molecule is C[C@H](Nc1ncnc2ccccc12)C1CCCCC1. The lowest BCUT2D eigenvalue weighted by atomic mass is 9.84. The second-order valence-electron chi connectivity index (χ2n) is 5.57. The van der Waals surface area contributed by atoms with Gasteiger partial charge in [0.15, 0.2) is 0 Å². The number of fused-ring (bicyclic) bond motifs is 1. The zero-order valence-electron chi connectivity index (χ0n) is 11.5. The molecule has 0 saturated heterocycles. The van der Waals surface area contributed by atoms with Gasteiger partial charge in [0, 0.05) is 11.4 Å². The molecule has 1 N–H and O–H groups in total. The highest BCUT2D eigenvalue weighted by Gasteiger charge is 2.20. The molecule has 0 aliphatic heterocycles. The highest BCUT2D eigenvalue weighted by atomic mass is 15.0. The number of nitrogens with one attached hydrogen (secondary N) is 1. The molecule has 3 heteroatoms. The Morgan fingerprint density at radius 3 is 2.74 bits per heavy atom. The van der Waals surface area contributed by atoms with Crippen molar-refractivity contribution in [1.29, 1.82) is 0 Å². The number of aromatic nitrogens is 2. The number of benzene rings is 1. The Morgan fingerprint density at radius 2 is 1.89 bits per heavy atom. The molecule has 0 radical (unpaired) electrons. The van der Waals surface area contributed by atoms with Crippen molar-refractivity contribution in [2.45, 2.75) is 45.1 Å². The number of hydrogen-bond acceptors (Lipinski definition) is 3. The summed E-state index contributed by atoms with van der Waals surface area (Å²) in [5.74, 6) is 1.76. The average molecular weight is 255 g/mol. The van der Waals surface area contributed by atoms with E-state index in [0.717, 1.165) is 22.6 Å². The van der Waals surface area contributed by atoms with Gasteiger partial charge in [0.05, 0.1) is 5.52 Å². The van der Waals surface area contributed by atoms with E-state index in [9.17, 15) is 0 Å². The van der Waals surface area contributed by atoms with Crippen LogP contribution in [-0.2, 0) is 0 Å². The van der Waals surface area contributed by atoms with Gasteiger partial charge in [-0.25, -0.2) is 9.97 Å². The summed E-state index contributed by atoms with van der Waals surface area (Å²) in [5, 5.41) is 4.72. The van der Waals surface area contributed by atoms with Crippen LogP contribution in [0, 0.1) is 5.92 Å². The maximum Gasteiger partial charge on any atom is 0.137 e. The lowest BCUT2D eigenvalue weighted by Crippen LogP contribution is -2.28. The first-order valence-corrected chi connectivity index (χ1v) is 7.31. The fourth-order valence-electron chi connectivity index (χ4n) is 3.09. The lowest BCUT2D eigenvalue weighted by molar-refractivity contribution is 0.328. The van der Waals surface area contributed by atoms with Crippen molar-refractivity contribution < 1.29 is 0 Å². The molecule has 0 amide bonds. The van der Waals surface area contributed by atoms with Gasteiger partial charge < -0.3 is 5.32 Å². The van der Waals surface area contributed by atoms with Crippen LogP contribution in [0.3, 0.4) is 0 Å². The maximum absolute atomic E-state index is 4.42. The molecule has 0 bridgehead atoms. The van der Waals surface area contributed by atoms with Gasteiger partial charge in [-0.2, -0.15) is 0 Å². The van der Waals surface area contributed by atoms with Crippen molar-refractivity contribution >= 4 is 16.7 Å². The molecular formula is C16H21N3. The molecule has 1 aliphatic rings. The smallest absolute Gasteiger partial charge is 0.137 e. The molecule has 1 aliphatic carbocycles. The first-order chi connectivity index (χ1) is 9.34. The predicted molar refractivity (Wildman–Crippen MR) is 79.2 cm³/mol. The van der Waals surface area contributed by atoms with Crippen LogP contribution >= 0.6 is 0 Å². The van der Waals surface area contributed by atoms with Crippen molar-refractivity contribution in [3.05, 3.63) is 30.6 Å². The Hall–Kier alpha value is -1.64. The van der Waals surface area contributed by atoms with Gasteiger partial charge in [-0.1, -0.05) is 31.4 Å². The lowest BCUT2D eigenvalue weighted by Gasteiger charge is -2.28. The molecule has 100 valence electrons. The van der Waals surface area contributed by atoms with Crippen molar-refractivity contribution in [3.63, 3.8) is 0 Å². The van der Waals surface area contributed by atoms with Crippen molar-refractivity contribution in [1.82, 2.24) is 9.97 Å². The van der Waals surface area contributed by atoms with E-state index in [1.807, 2.05) is 18.2 Å². The molecule has 3 rings (SSSR count). The standard InChI is InChI=1S/C16H21N3/c1-12(13-7-3-2-4-8-13)19-16-14-9-5-6-10-15(14)17-11-18-16/h5-6,9-13H,2-4,7-8H2,1H3,(H,17,18,19)/t12-/m0/s1. The number of rotatable bonds is 3. The minimum absolute atomic E-state index is 0.485. The van der Waals surface area contributed by atoms with Gasteiger partial charge in [0.1, 0.15) is 12.1 Å². The van der Waals surface area contributed by atoms with E-state index < -0.39 is 0 Å². The van der Waals surface area contributed by atoms with E-state index in [4.69, 9.17) is 0 Å². The molecule has 1 fully saturated rings. The Bertz CT molecular complexity index is 541. The molecule has 2 aromatic rings. The Labute approximate surface area is 114 Å². The summed E-state index contributed by atoms with van der Waals surface area (Å²) in [6.45, 7) is 2.28. The topological polar surface area (TPSA) is 37.8 Å². The summed E-state index contributed by atoms with van der Waals surface area (Å²) in [4.78, 5) is 8.73. The molecule has 0 unspecified atom stereocenters. The number of hydrogen-bond donors (Lipinski definition) is 1. The molecule has 1 aromatic heterocycles. The molecule has 1 aromatic carbocycles. The van der Waals surface area contributed by atoms with Crippen LogP contribution in [0.4, 0.5) is 5.82 Å². The zero-order valence-corrected chi connectivity index (χ0v) is 11.5. The Balaban J connectivity index is 1.80. The quantitative estimate of drug-likeness (QED) is 0.900. The summed E-state index contributed by atoms with van der Waals surface area (Å²) in [5.41, 5.74) is 1.01. The van der Waals surface area contributed by atoms with Crippen molar-refractivity contribution in [3.8, 4) is 0 Å². The largest absolute Gasteiger partial charge is 0.367 e. The summed E-state index contributed by atoms with van der Waals surface area (Å²) in [7, 11) is 0. The fraction of sp³-hybridized carbons (Fsp3) is 0.500. The molecule has 1 saturated carbocycles. The van der Waals surface area contributed by atoms with E-state index in [1.165, 1.54) is 32.1 Å². The maximum atomic E-state index is 4.42. The third kappa shape index (κ3) is 2.70. The van der Waals surface area contributed by atoms with Crippen LogP contribution in [0.5, 0.6) is 0 Å². The van der Waals surface area contributed by atoms with Crippen LogP contribution in [0.25, 0.3) is 10.9 Å². The van der Waals surface area contributed by atoms with E-state index in [-0.39, 0.29) is 0 Å². The third-order valence-corrected chi connectivity index (χ3v) is 4.26. The van der Waals surface area contributed by atoms with Crippen molar-refractivity contribution in [2.24, 2.45) is 5.92 Å². The summed E-state index contributed by atoms with van der Waals surface area (Å²) in [6, 6.07) is 8.67. The molecule has 3 nitrogen and oxygen atoms in total. The van der Waals surface area contributed by atoms with E-state index >= 15 is 0 Å². The van der Waals surface area contributed by atoms with Crippen molar-refractivity contribution in [2.75, 3.05) is 5.32 Å². The van der Waals surface area contributed by atoms with Crippen LogP contribution in [0.2, 0.25) is 0 Å². The first kappa shape index (κ1) is 12.4. The number of anilines is 1. The van der Waals surface area contributed by atoms with Gasteiger partial charge in [-0.05, 0) is 37.8 Å². The van der Waals surface area contributed by atoms with E-state index in [2.05, 4.69) is 28.3 Å². The molecule has 0 spiro atoms. The third-order valence-electron chi connectivity index (χ3n) is 4.26. The monoisotopic (exact) mass is 255 g/mol. The van der Waals surface area contributed by atoms with Gasteiger partial charge in [-0.15, -0.1) is 0 Å². The first-order valence-electron chi connectivity index (χ1n) is 7.31. The summed E-state index contributed by atoms with van der Waals surface area (Å²) < 4.78 is 0. The normalized spacial score (nSPS) is 18.4. The van der Waals surface area contributed by atoms with Gasteiger partial charge >= 0.3 is 0 Å². The fourth-order valence-corrected chi connectivity index (χ4v) is 3.09. The molecule has 1 heterocycles. The Kier molecular flexibility index (Phi) is 3.62. The van der Waals surface area contributed by atoms with Crippen LogP contribution in [0.1, 0.15) is 39.0 Å². The van der Waals surface area contributed by atoms with Gasteiger partial charge in [-0.3, -0.25) is 0 Å². The summed E-state index contributed by atoms with van der Waals surface area (Å²) in [6.07, 6.45) is 8.49. The van der Waals surface area contributed by atoms with E-state index in [0.29, 0.717) is 6.04 Å². The zero-order chi connectivity index (χ0) is 13.1. The van der Waals surface area contributed by atoms with Gasteiger partial charge in [0.25, 0.3) is 0 Å². The van der Waals surface area contributed by atoms with Crippen LogP contribution < -0.4 is 5.32 Å². The summed E-state index contributed by atoms with van der Waals surface area (Å²) >= 11 is 0. The predicted octanol–water partition coefficient (Wildman–Crippen LogP) is 4.01. The molecule has 1 atom stereocenters. The highest BCUT2D eigenvalue weighted by molar-refractivity contribution is 5.88. The van der Waals surface area contributed by atoms with E-state index in [1.54, 1.807) is 6.33 Å². The van der Waals surface area contributed by atoms with Crippen LogP contribution in [0.15, 0.2) is 30.6 Å². The van der Waals surface area contributed by atoms with Gasteiger partial charge in [0.2, 0.25) is 0 Å². The average Bonchev–Trinajstić information content (AvgIpc) is 2.48. The highest BCUT2D eigenvalue weighted by Crippen LogP contribution is 2.29. The van der Waals surface area contributed by atoms with Crippen LogP contribution in [-0.4, -0.2) is 16.0 Å². The minimum atomic E-state index is 0.485. The second-order valence-corrected chi connectivity index (χ2v) is 5.57. The number of para-hydroxylation sites is 1. The molecule has 19 heavy (non-hydrogen) atoms. The minimum Gasteiger partial charge on any atom is -0.367 e. The second kappa shape index (κ2) is 5.55. The number of nitrogens with zero attached hydrogens (tertiary/aromatic N) is 2. The molecular weight excluding hydrogens is 234 g/mol.